The fraction of sp³-hybridized carbons (Fsp3) is 0.333. The van der Waals surface area contributed by atoms with Gasteiger partial charge in [0.15, 0.2) is 18.4 Å². The zero-order chi connectivity index (χ0) is 32.1. The first-order valence-electron chi connectivity index (χ1n) is 13.1. The Kier molecular flexibility index (Phi) is 11.3. The Hall–Kier alpha value is -3.11. The first-order chi connectivity index (χ1) is 20.9. The minimum absolute atomic E-state index is 0.0988. The van der Waals surface area contributed by atoms with Crippen molar-refractivity contribution < 1.29 is 38.8 Å². The number of carboxylic acids is 2. The first-order valence-corrected chi connectivity index (χ1v) is 16.7. The number of carbonyl (C=O) groups is 5. The summed E-state index contributed by atoms with van der Waals surface area (Å²) in [5.41, 5.74) is 5.49. The van der Waals surface area contributed by atoms with Crippen molar-refractivity contribution in [1.29, 1.82) is 0 Å². The third-order valence-corrected chi connectivity index (χ3v) is 11.0. The Balaban J connectivity index is 1.44. The lowest BCUT2D eigenvalue weighted by molar-refractivity contribution is -0.711. The highest BCUT2D eigenvalue weighted by molar-refractivity contribution is 8.01. The summed E-state index contributed by atoms with van der Waals surface area (Å²) in [7, 11) is 0. The third kappa shape index (κ3) is 7.75. The number of urea groups is 1. The molecule has 1 saturated heterocycles. The zero-order valence-corrected chi connectivity index (χ0v) is 27.1. The van der Waals surface area contributed by atoms with E-state index >= 15 is 0 Å². The molecule has 1 aromatic heterocycles. The lowest BCUT2D eigenvalue weighted by Gasteiger charge is -2.52. The standard InChI is InChI=1S/C27H27Cl2N5O7S3/c1-14(35)34(44-20-11-16(28)4-5-18(20)29)22-23(36)33-21(26(39)40)15(13-43-24(22)33)12-42-17-6-9-32(10-7-17)19(25(37)38)3-2-8-31-27(30)41/h4-7,9-11,19,22,24H,2-3,8,12-13H2,1H3,(H4-,30,31,37,38,39,40,41)/p+1/t19-,22-,24+/m0/s1. The van der Waals surface area contributed by atoms with Crippen LogP contribution in [0.4, 0.5) is 4.79 Å². The lowest BCUT2D eigenvalue weighted by Crippen LogP contribution is -2.70. The second-order valence-corrected chi connectivity index (χ2v) is 13.7. The van der Waals surface area contributed by atoms with Gasteiger partial charge >= 0.3 is 18.0 Å². The normalized spacial score (nSPS) is 18.2. The number of aliphatic carboxylic acids is 2. The fourth-order valence-electron chi connectivity index (χ4n) is 4.63. The minimum atomic E-state index is -1.24. The van der Waals surface area contributed by atoms with Gasteiger partial charge in [0.1, 0.15) is 11.1 Å². The van der Waals surface area contributed by atoms with Crippen LogP contribution in [0.15, 0.2) is 63.8 Å². The molecular formula is C27H28Cl2N5O7S3+. The molecule has 2 aliphatic heterocycles. The van der Waals surface area contributed by atoms with Gasteiger partial charge in [0, 0.05) is 58.3 Å². The number of primary amides is 1. The summed E-state index contributed by atoms with van der Waals surface area (Å²) < 4.78 is 2.86. The van der Waals surface area contributed by atoms with E-state index in [4.69, 9.17) is 28.9 Å². The van der Waals surface area contributed by atoms with Crippen molar-refractivity contribution in [2.24, 2.45) is 5.73 Å². The number of thioether (sulfide) groups is 2. The predicted molar refractivity (Wildman–Crippen MR) is 167 cm³/mol. The summed E-state index contributed by atoms with van der Waals surface area (Å²) in [5.74, 6) is -2.53. The summed E-state index contributed by atoms with van der Waals surface area (Å²) in [5, 5.41) is 22.3. The number of benzene rings is 1. The van der Waals surface area contributed by atoms with Crippen molar-refractivity contribution in [3.05, 3.63) is 64.0 Å². The van der Waals surface area contributed by atoms with Gasteiger partial charge in [-0.15, -0.1) is 23.5 Å². The van der Waals surface area contributed by atoms with Crippen molar-refractivity contribution in [2.75, 3.05) is 18.1 Å². The largest absolute Gasteiger partial charge is 0.477 e. The number of amides is 4. The third-order valence-electron chi connectivity index (χ3n) is 6.71. The van der Waals surface area contributed by atoms with E-state index in [1.165, 1.54) is 39.7 Å². The lowest BCUT2D eigenvalue weighted by atomic mass is 10.0. The number of fused-ring (bicyclic) bond motifs is 1. The summed E-state index contributed by atoms with van der Waals surface area (Å²) in [4.78, 5) is 63.4. The number of aromatic nitrogens is 1. The number of carboxylic acid groups (broad SMARTS) is 2. The molecule has 234 valence electrons. The van der Waals surface area contributed by atoms with E-state index in [2.05, 4.69) is 5.32 Å². The molecule has 0 bridgehead atoms. The number of carbonyl (C=O) groups excluding carboxylic acids is 3. The van der Waals surface area contributed by atoms with Crippen molar-refractivity contribution in [3.63, 3.8) is 0 Å². The molecule has 0 unspecified atom stereocenters. The monoisotopic (exact) mass is 700 g/mol. The maximum atomic E-state index is 13.4. The molecule has 0 radical (unpaired) electrons. The van der Waals surface area contributed by atoms with Gasteiger partial charge in [-0.2, -0.15) is 4.57 Å². The van der Waals surface area contributed by atoms with Gasteiger partial charge in [0.05, 0.1) is 5.02 Å². The molecule has 17 heteroatoms. The molecular weight excluding hydrogens is 673 g/mol. The van der Waals surface area contributed by atoms with E-state index < -0.39 is 41.3 Å². The van der Waals surface area contributed by atoms with Gasteiger partial charge in [-0.3, -0.25) is 18.8 Å². The Morgan fingerprint density at radius 1 is 1.20 bits per heavy atom. The number of hydrogen-bond donors (Lipinski definition) is 4. The van der Waals surface area contributed by atoms with Crippen LogP contribution in [-0.4, -0.2) is 78.7 Å². The Bertz CT molecular complexity index is 1510. The quantitative estimate of drug-likeness (QED) is 0.0794. The van der Waals surface area contributed by atoms with Crippen LogP contribution in [0, 0.1) is 0 Å². The van der Waals surface area contributed by atoms with Crippen LogP contribution in [0.25, 0.3) is 0 Å². The van der Waals surface area contributed by atoms with E-state index in [0.29, 0.717) is 32.7 Å². The van der Waals surface area contributed by atoms with E-state index in [0.717, 1.165) is 16.8 Å². The molecule has 2 aliphatic rings. The van der Waals surface area contributed by atoms with E-state index in [-0.39, 0.29) is 30.3 Å². The highest BCUT2D eigenvalue weighted by atomic mass is 35.5. The highest BCUT2D eigenvalue weighted by Crippen LogP contribution is 2.46. The Morgan fingerprint density at radius 3 is 2.52 bits per heavy atom. The molecule has 1 aromatic carbocycles. The number of halogens is 2. The van der Waals surface area contributed by atoms with Gasteiger partial charge in [-0.1, -0.05) is 23.2 Å². The average molecular weight is 702 g/mol. The average Bonchev–Trinajstić information content (AvgIpc) is 2.96. The van der Waals surface area contributed by atoms with Crippen LogP contribution in [0.3, 0.4) is 0 Å². The SMILES string of the molecule is CC(=O)N(Sc1cc(Cl)ccc1Cl)[C@H]1C(=O)N2C(C(=O)O)=C(CSc3cc[n+]([C@@H](CCCNC(N)=O)C(=O)O)cc3)CS[C@H]12. The van der Waals surface area contributed by atoms with Crippen LogP contribution in [0.5, 0.6) is 0 Å². The maximum absolute atomic E-state index is 13.4. The topological polar surface area (TPSA) is 174 Å². The summed E-state index contributed by atoms with van der Waals surface area (Å²) >= 11 is 16.1. The van der Waals surface area contributed by atoms with Crippen LogP contribution in [0.2, 0.25) is 10.0 Å². The number of β-lactam (4-membered cyclic amide) rings is 1. The maximum Gasteiger partial charge on any atom is 0.373 e. The summed E-state index contributed by atoms with van der Waals surface area (Å²) in [6, 6.07) is 5.85. The van der Waals surface area contributed by atoms with Gasteiger partial charge in [-0.05, 0) is 42.1 Å². The number of nitrogens with two attached hydrogens (primary N) is 1. The molecule has 0 spiro atoms. The molecule has 4 amide bonds. The van der Waals surface area contributed by atoms with Crippen molar-refractivity contribution >= 4 is 88.5 Å². The molecule has 4 rings (SSSR count). The van der Waals surface area contributed by atoms with Crippen LogP contribution in [-0.2, 0) is 19.2 Å². The van der Waals surface area contributed by atoms with Gasteiger partial charge < -0.3 is 21.3 Å². The zero-order valence-electron chi connectivity index (χ0n) is 23.1. The van der Waals surface area contributed by atoms with Crippen LogP contribution < -0.4 is 15.6 Å². The Labute approximate surface area is 275 Å². The summed E-state index contributed by atoms with van der Waals surface area (Å²) in [6.45, 7) is 1.59. The first kappa shape index (κ1) is 33.8. The van der Waals surface area contributed by atoms with Crippen LogP contribution in [0.1, 0.15) is 25.8 Å². The smallest absolute Gasteiger partial charge is 0.373 e. The second kappa shape index (κ2) is 14.8. The fourth-order valence-corrected chi connectivity index (χ4v) is 8.57. The number of rotatable bonds is 13. The second-order valence-electron chi connectivity index (χ2n) is 9.68. The van der Waals surface area contributed by atoms with Crippen molar-refractivity contribution in [2.45, 2.75) is 47.0 Å². The van der Waals surface area contributed by atoms with Crippen molar-refractivity contribution in [3.8, 4) is 0 Å². The molecule has 0 aliphatic carbocycles. The predicted octanol–water partition coefficient (Wildman–Crippen LogP) is 3.63. The van der Waals surface area contributed by atoms with Gasteiger partial charge in [0.25, 0.3) is 11.9 Å². The number of nitrogens with zero attached hydrogens (tertiary/aromatic N) is 3. The highest BCUT2D eigenvalue weighted by Gasteiger charge is 2.57. The van der Waals surface area contributed by atoms with Gasteiger partial charge in [0.2, 0.25) is 5.91 Å². The molecule has 12 nitrogen and oxygen atoms in total. The van der Waals surface area contributed by atoms with Gasteiger partial charge in [-0.25, -0.2) is 14.4 Å². The summed E-state index contributed by atoms with van der Waals surface area (Å²) in [6.07, 6.45) is 3.95. The minimum Gasteiger partial charge on any atom is -0.477 e. The number of pyridine rings is 1. The van der Waals surface area contributed by atoms with Crippen LogP contribution >= 0.6 is 58.7 Å². The number of nitrogens with one attached hydrogen (secondary N) is 1. The molecule has 5 N–H and O–H groups in total. The molecule has 0 saturated carbocycles. The number of hydrogen-bond acceptors (Lipinski definition) is 8. The molecule has 3 atom stereocenters. The molecule has 2 aromatic rings. The molecule has 3 heterocycles. The molecule has 1 fully saturated rings. The van der Waals surface area contributed by atoms with E-state index in [1.807, 2.05) is 0 Å². The van der Waals surface area contributed by atoms with E-state index in [9.17, 15) is 34.2 Å². The molecule has 44 heavy (non-hydrogen) atoms. The Morgan fingerprint density at radius 2 is 1.91 bits per heavy atom. The van der Waals surface area contributed by atoms with Crippen molar-refractivity contribution in [1.82, 2.24) is 14.5 Å². The van der Waals surface area contributed by atoms with E-state index in [1.54, 1.807) is 47.3 Å².